The summed E-state index contributed by atoms with van der Waals surface area (Å²) in [6.07, 6.45) is 1.86. The van der Waals surface area contributed by atoms with Gasteiger partial charge in [-0.15, -0.1) is 11.3 Å². The number of nitrogens with two attached hydrogens (primary N) is 1. The normalized spacial score (nSPS) is 10.8. The number of fused-ring (bicyclic) bond motifs is 1. The zero-order valence-corrected chi connectivity index (χ0v) is 15.9. The van der Waals surface area contributed by atoms with Gasteiger partial charge < -0.3 is 11.1 Å². The molecule has 0 aliphatic heterocycles. The van der Waals surface area contributed by atoms with Gasteiger partial charge in [0.25, 0.3) is 0 Å². The molecule has 4 rings (SSSR count). The first-order chi connectivity index (χ1) is 14.1. The maximum absolute atomic E-state index is 13.8. The zero-order valence-electron chi connectivity index (χ0n) is 15.1. The zero-order chi connectivity index (χ0) is 20.4. The Morgan fingerprint density at radius 3 is 2.62 bits per heavy atom. The molecule has 0 bridgehead atoms. The fraction of sp³-hybridized carbons (Fsp3) is 0.0952. The molecular weight excluding hydrogens is 392 g/mol. The van der Waals surface area contributed by atoms with Gasteiger partial charge in [-0.2, -0.15) is 5.26 Å². The van der Waals surface area contributed by atoms with E-state index in [9.17, 15) is 14.0 Å². The summed E-state index contributed by atoms with van der Waals surface area (Å²) >= 11 is 1.57. The van der Waals surface area contributed by atoms with Crippen LogP contribution in [0.2, 0.25) is 0 Å². The molecule has 0 unspecified atom stereocenters. The average molecular weight is 407 g/mol. The molecule has 144 valence electrons. The van der Waals surface area contributed by atoms with Crippen LogP contribution in [-0.2, 0) is 6.42 Å². The summed E-state index contributed by atoms with van der Waals surface area (Å²) in [5, 5.41) is 13.3. The van der Waals surface area contributed by atoms with Crippen LogP contribution in [0, 0.1) is 23.0 Å². The van der Waals surface area contributed by atoms with Crippen molar-refractivity contribution in [2.75, 3.05) is 17.6 Å². The lowest BCUT2D eigenvalue weighted by Gasteiger charge is -2.09. The predicted molar refractivity (Wildman–Crippen MR) is 111 cm³/mol. The van der Waals surface area contributed by atoms with E-state index in [2.05, 4.69) is 15.3 Å². The van der Waals surface area contributed by atoms with Gasteiger partial charge in [-0.25, -0.2) is 18.7 Å². The molecule has 0 aliphatic rings. The number of halogens is 2. The van der Waals surface area contributed by atoms with E-state index < -0.39 is 11.6 Å². The monoisotopic (exact) mass is 407 g/mol. The van der Waals surface area contributed by atoms with Crippen molar-refractivity contribution in [2.45, 2.75) is 6.42 Å². The van der Waals surface area contributed by atoms with Crippen LogP contribution < -0.4 is 11.1 Å². The molecule has 5 nitrogen and oxygen atoms in total. The van der Waals surface area contributed by atoms with Crippen molar-refractivity contribution in [1.29, 1.82) is 5.26 Å². The van der Waals surface area contributed by atoms with Crippen molar-refractivity contribution >= 4 is 33.1 Å². The van der Waals surface area contributed by atoms with Gasteiger partial charge >= 0.3 is 0 Å². The van der Waals surface area contributed by atoms with Gasteiger partial charge in [-0.1, -0.05) is 18.2 Å². The molecule has 4 aromatic rings. The number of rotatable bonds is 5. The van der Waals surface area contributed by atoms with Crippen molar-refractivity contribution in [3.8, 4) is 17.2 Å². The van der Waals surface area contributed by atoms with Gasteiger partial charge in [0, 0.05) is 33.1 Å². The molecule has 3 N–H and O–H groups in total. The van der Waals surface area contributed by atoms with Gasteiger partial charge in [0.05, 0.1) is 0 Å². The number of benzene rings is 2. The Hall–Kier alpha value is -3.57. The summed E-state index contributed by atoms with van der Waals surface area (Å²) in [6.45, 7) is 0.461. The number of aromatic nitrogens is 2. The molecule has 8 heteroatoms. The molecule has 0 saturated heterocycles. The number of nitrogen functional groups attached to an aromatic ring is 1. The topological polar surface area (TPSA) is 87.6 Å². The van der Waals surface area contributed by atoms with Crippen LogP contribution in [0.4, 0.5) is 20.4 Å². The number of hydrogen-bond donors (Lipinski definition) is 2. The Kier molecular flexibility index (Phi) is 5.06. The minimum absolute atomic E-state index is 0.114. The molecule has 2 heterocycles. The highest BCUT2D eigenvalue weighted by atomic mass is 32.1. The quantitative estimate of drug-likeness (QED) is 0.499. The molecule has 2 aromatic carbocycles. The maximum Gasteiger partial charge on any atom is 0.149 e. The van der Waals surface area contributed by atoms with Crippen LogP contribution in [0.15, 0.2) is 48.8 Å². The predicted octanol–water partition coefficient (Wildman–Crippen LogP) is 4.74. The summed E-state index contributed by atoms with van der Waals surface area (Å²) in [6, 6.07) is 13.3. The van der Waals surface area contributed by atoms with E-state index in [-0.39, 0.29) is 11.4 Å². The molecular formula is C21H15F2N5S. The van der Waals surface area contributed by atoms with Gasteiger partial charge in [-0.3, -0.25) is 0 Å². The van der Waals surface area contributed by atoms with Crippen molar-refractivity contribution < 1.29 is 8.78 Å². The third-order valence-electron chi connectivity index (χ3n) is 4.45. The Labute approximate surface area is 169 Å². The highest BCUT2D eigenvalue weighted by molar-refractivity contribution is 7.19. The number of hydrogen-bond acceptors (Lipinski definition) is 6. The van der Waals surface area contributed by atoms with E-state index in [1.54, 1.807) is 11.3 Å². The van der Waals surface area contributed by atoms with Crippen LogP contribution in [-0.4, -0.2) is 16.5 Å². The smallest absolute Gasteiger partial charge is 0.149 e. The highest BCUT2D eigenvalue weighted by Crippen LogP contribution is 2.39. The van der Waals surface area contributed by atoms with Gasteiger partial charge in [0.1, 0.15) is 41.2 Å². The standard InChI is InChI=1S/C21H15F2N5S/c22-13-7-12(8-14(23)9-13)19-15-3-1-2-4-17(15)29-18(19)5-6-26-21-16(10-24)20(25)27-11-28-21/h1-4,7-9,11H,5-6H2,(H3,25,26,27,28). The van der Waals surface area contributed by atoms with E-state index in [1.165, 1.54) is 18.5 Å². The Morgan fingerprint density at radius 1 is 1.10 bits per heavy atom. The second kappa shape index (κ2) is 7.81. The molecule has 0 aliphatic carbocycles. The molecule has 2 aromatic heterocycles. The van der Waals surface area contributed by atoms with Gasteiger partial charge in [-0.05, 0) is 30.2 Å². The van der Waals surface area contributed by atoms with Crippen molar-refractivity contribution in [3.63, 3.8) is 0 Å². The molecule has 0 atom stereocenters. The molecule has 0 saturated carbocycles. The number of anilines is 2. The summed E-state index contributed by atoms with van der Waals surface area (Å²) in [7, 11) is 0. The fourth-order valence-electron chi connectivity index (χ4n) is 3.22. The first-order valence-corrected chi connectivity index (χ1v) is 9.60. The minimum atomic E-state index is -0.616. The van der Waals surface area contributed by atoms with Crippen LogP contribution in [0.3, 0.4) is 0 Å². The Morgan fingerprint density at radius 2 is 1.86 bits per heavy atom. The number of thiophene rings is 1. The Bertz CT molecular complexity index is 1230. The Balaban J connectivity index is 1.68. The largest absolute Gasteiger partial charge is 0.382 e. The lowest BCUT2D eigenvalue weighted by Crippen LogP contribution is -2.09. The second-order valence-electron chi connectivity index (χ2n) is 6.33. The van der Waals surface area contributed by atoms with E-state index in [0.29, 0.717) is 24.3 Å². The van der Waals surface area contributed by atoms with Crippen LogP contribution in [0.25, 0.3) is 21.2 Å². The minimum Gasteiger partial charge on any atom is -0.382 e. The van der Waals surface area contributed by atoms with Gasteiger partial charge in [0.2, 0.25) is 0 Å². The van der Waals surface area contributed by atoms with Crippen LogP contribution in [0.1, 0.15) is 10.4 Å². The molecule has 0 radical (unpaired) electrons. The van der Waals surface area contributed by atoms with E-state index in [4.69, 9.17) is 5.73 Å². The number of nitrogens with zero attached hydrogens (tertiary/aromatic N) is 3. The van der Waals surface area contributed by atoms with E-state index >= 15 is 0 Å². The lowest BCUT2D eigenvalue weighted by molar-refractivity contribution is 0.584. The molecule has 0 spiro atoms. The van der Waals surface area contributed by atoms with E-state index in [0.717, 1.165) is 26.6 Å². The van der Waals surface area contributed by atoms with E-state index in [1.807, 2.05) is 30.3 Å². The van der Waals surface area contributed by atoms with Crippen molar-refractivity contribution in [2.24, 2.45) is 0 Å². The maximum atomic E-state index is 13.8. The number of nitrogens with one attached hydrogen (secondary N) is 1. The molecule has 0 fully saturated rings. The SMILES string of the molecule is N#Cc1c(N)ncnc1NCCc1sc2ccccc2c1-c1cc(F)cc(F)c1. The van der Waals surface area contributed by atoms with Crippen LogP contribution >= 0.6 is 11.3 Å². The summed E-state index contributed by atoms with van der Waals surface area (Å²) in [4.78, 5) is 8.85. The fourth-order valence-corrected chi connectivity index (χ4v) is 4.45. The lowest BCUT2D eigenvalue weighted by atomic mass is 10.0. The highest BCUT2D eigenvalue weighted by Gasteiger charge is 2.16. The summed E-state index contributed by atoms with van der Waals surface area (Å²) in [5.41, 5.74) is 7.22. The van der Waals surface area contributed by atoms with Crippen molar-refractivity contribution in [1.82, 2.24) is 9.97 Å². The first kappa shape index (κ1) is 18.8. The third kappa shape index (κ3) is 3.73. The second-order valence-corrected chi connectivity index (χ2v) is 7.46. The summed E-state index contributed by atoms with van der Waals surface area (Å²) in [5.74, 6) is -0.758. The van der Waals surface area contributed by atoms with Crippen molar-refractivity contribution in [3.05, 3.63) is 70.9 Å². The first-order valence-electron chi connectivity index (χ1n) is 8.78. The number of nitriles is 1. The van der Waals surface area contributed by atoms with Crippen LogP contribution in [0.5, 0.6) is 0 Å². The average Bonchev–Trinajstić information content (AvgIpc) is 3.05. The molecule has 29 heavy (non-hydrogen) atoms. The van der Waals surface area contributed by atoms with Gasteiger partial charge in [0.15, 0.2) is 0 Å². The molecule has 0 amide bonds. The summed E-state index contributed by atoms with van der Waals surface area (Å²) < 4.78 is 28.7. The third-order valence-corrected chi connectivity index (χ3v) is 5.68.